The predicted octanol–water partition coefficient (Wildman–Crippen LogP) is 0.132. The number of aliphatic carboxylic acids is 1. The largest absolute Gasteiger partial charge is 0.478 e. The minimum absolute atomic E-state index is 0.00231. The van der Waals surface area contributed by atoms with E-state index in [2.05, 4.69) is 10.6 Å². The second kappa shape index (κ2) is 6.27. The summed E-state index contributed by atoms with van der Waals surface area (Å²) in [6.45, 7) is 3.43. The van der Waals surface area contributed by atoms with Gasteiger partial charge in [0.05, 0.1) is 0 Å². The highest BCUT2D eigenvalue weighted by atomic mass is 16.4. The zero-order valence-corrected chi connectivity index (χ0v) is 9.40. The lowest BCUT2D eigenvalue weighted by Crippen LogP contribution is -2.31. The van der Waals surface area contributed by atoms with Crippen molar-refractivity contribution in [3.05, 3.63) is 12.2 Å². The molecule has 0 aromatic rings. The molecule has 0 aromatic carbocycles. The zero-order valence-electron chi connectivity index (χ0n) is 9.40. The maximum Gasteiger partial charge on any atom is 0.328 e. The second-order valence-corrected chi connectivity index (χ2v) is 3.87. The normalized spacial score (nSPS) is 22.3. The van der Waals surface area contributed by atoms with Gasteiger partial charge < -0.3 is 15.7 Å². The number of likely N-dealkylation sites (N-methyl/N-ethyl adjacent to an activating group) is 1. The molecular weight excluding hydrogens is 208 g/mol. The van der Waals surface area contributed by atoms with Crippen molar-refractivity contribution >= 4 is 11.9 Å². The quantitative estimate of drug-likeness (QED) is 0.563. The fourth-order valence-electron chi connectivity index (χ4n) is 1.87. The van der Waals surface area contributed by atoms with Crippen LogP contribution in [0.1, 0.15) is 19.8 Å². The molecule has 16 heavy (non-hydrogen) atoms. The first-order chi connectivity index (χ1) is 7.63. The number of rotatable bonds is 6. The second-order valence-electron chi connectivity index (χ2n) is 3.87. The standard InChI is InChI=1S/C11H18N2O3/c1-2-12-9(3-4-10(14)15)7-8-5-6-13-11(8)16/h3-4,8-9,12H,2,5-7H2,1H3,(H,13,16)(H,14,15)/t8-,9+/m0/s1. The summed E-state index contributed by atoms with van der Waals surface area (Å²) in [5.74, 6) is -0.882. The van der Waals surface area contributed by atoms with Crippen molar-refractivity contribution in [1.29, 1.82) is 0 Å². The molecule has 90 valence electrons. The van der Waals surface area contributed by atoms with Gasteiger partial charge in [0.1, 0.15) is 0 Å². The van der Waals surface area contributed by atoms with E-state index in [4.69, 9.17) is 5.11 Å². The number of carboxylic acids is 1. The Labute approximate surface area is 94.9 Å². The van der Waals surface area contributed by atoms with Crippen LogP contribution in [0, 0.1) is 5.92 Å². The van der Waals surface area contributed by atoms with Gasteiger partial charge in [-0.3, -0.25) is 4.79 Å². The molecule has 2 atom stereocenters. The first-order valence-electron chi connectivity index (χ1n) is 5.55. The molecular formula is C11H18N2O3. The lowest BCUT2D eigenvalue weighted by atomic mass is 9.98. The Balaban J connectivity index is 2.49. The summed E-state index contributed by atoms with van der Waals surface area (Å²) in [6.07, 6.45) is 4.22. The molecule has 5 nitrogen and oxygen atoms in total. The van der Waals surface area contributed by atoms with Crippen LogP contribution < -0.4 is 10.6 Å². The summed E-state index contributed by atoms with van der Waals surface area (Å²) >= 11 is 0. The average Bonchev–Trinajstić information content (AvgIpc) is 2.61. The molecule has 1 fully saturated rings. The number of carbonyl (C=O) groups excluding carboxylic acids is 1. The molecule has 0 unspecified atom stereocenters. The number of hydrogen-bond acceptors (Lipinski definition) is 3. The van der Waals surface area contributed by atoms with Gasteiger partial charge in [-0.25, -0.2) is 4.79 Å². The lowest BCUT2D eigenvalue weighted by molar-refractivity contribution is -0.131. The molecule has 1 rings (SSSR count). The van der Waals surface area contributed by atoms with Gasteiger partial charge in [-0.05, 0) is 19.4 Å². The van der Waals surface area contributed by atoms with E-state index in [1.807, 2.05) is 6.92 Å². The van der Waals surface area contributed by atoms with Gasteiger partial charge in [0.25, 0.3) is 0 Å². The highest BCUT2D eigenvalue weighted by Crippen LogP contribution is 2.16. The molecule has 0 aromatic heterocycles. The monoisotopic (exact) mass is 226 g/mol. The Morgan fingerprint density at radius 3 is 3.00 bits per heavy atom. The van der Waals surface area contributed by atoms with Crippen molar-refractivity contribution in [3.63, 3.8) is 0 Å². The smallest absolute Gasteiger partial charge is 0.328 e. The Hall–Kier alpha value is -1.36. The molecule has 1 aliphatic heterocycles. The fraction of sp³-hybridized carbons (Fsp3) is 0.636. The van der Waals surface area contributed by atoms with Crippen LogP contribution in [0.2, 0.25) is 0 Å². The van der Waals surface area contributed by atoms with E-state index in [1.54, 1.807) is 6.08 Å². The van der Waals surface area contributed by atoms with E-state index >= 15 is 0 Å². The van der Waals surface area contributed by atoms with Gasteiger partial charge in [0.2, 0.25) is 5.91 Å². The Bertz CT molecular complexity index is 289. The number of carboxylic acid groups (broad SMARTS) is 1. The minimum Gasteiger partial charge on any atom is -0.478 e. The molecule has 1 saturated heterocycles. The van der Waals surface area contributed by atoms with Crippen molar-refractivity contribution in [3.8, 4) is 0 Å². The summed E-state index contributed by atoms with van der Waals surface area (Å²) in [4.78, 5) is 21.8. The number of amides is 1. The Kier molecular flexibility index (Phi) is 4.98. The summed E-state index contributed by atoms with van der Waals surface area (Å²) in [7, 11) is 0. The summed E-state index contributed by atoms with van der Waals surface area (Å²) in [6, 6.07) is -0.0463. The minimum atomic E-state index is -0.959. The first kappa shape index (κ1) is 12.7. The molecule has 0 aliphatic carbocycles. The fourth-order valence-corrected chi connectivity index (χ4v) is 1.87. The van der Waals surface area contributed by atoms with Gasteiger partial charge in [-0.1, -0.05) is 13.0 Å². The van der Waals surface area contributed by atoms with Crippen molar-refractivity contribution in [2.45, 2.75) is 25.8 Å². The van der Waals surface area contributed by atoms with Crippen molar-refractivity contribution in [1.82, 2.24) is 10.6 Å². The van der Waals surface area contributed by atoms with Gasteiger partial charge in [-0.15, -0.1) is 0 Å². The molecule has 0 saturated carbocycles. The van der Waals surface area contributed by atoms with E-state index in [-0.39, 0.29) is 17.9 Å². The van der Waals surface area contributed by atoms with E-state index in [0.717, 1.165) is 25.6 Å². The van der Waals surface area contributed by atoms with Gasteiger partial charge in [0.15, 0.2) is 0 Å². The van der Waals surface area contributed by atoms with Crippen LogP contribution in [0.5, 0.6) is 0 Å². The first-order valence-corrected chi connectivity index (χ1v) is 5.55. The SMILES string of the molecule is CCN[C@H](C=CC(=O)O)C[C@@H]1CCNC1=O. The lowest BCUT2D eigenvalue weighted by Gasteiger charge is -2.16. The van der Waals surface area contributed by atoms with E-state index < -0.39 is 5.97 Å². The molecule has 1 amide bonds. The molecule has 0 radical (unpaired) electrons. The van der Waals surface area contributed by atoms with Crippen LogP contribution in [0.3, 0.4) is 0 Å². The number of nitrogens with one attached hydrogen (secondary N) is 2. The van der Waals surface area contributed by atoms with Crippen LogP contribution >= 0.6 is 0 Å². The van der Waals surface area contributed by atoms with Crippen molar-refractivity contribution in [2.75, 3.05) is 13.1 Å². The number of hydrogen-bond donors (Lipinski definition) is 3. The predicted molar refractivity (Wildman–Crippen MR) is 60.0 cm³/mol. The third-order valence-electron chi connectivity index (χ3n) is 2.64. The maximum absolute atomic E-state index is 11.4. The Morgan fingerprint density at radius 2 is 2.50 bits per heavy atom. The van der Waals surface area contributed by atoms with E-state index in [1.165, 1.54) is 0 Å². The topological polar surface area (TPSA) is 78.4 Å². The van der Waals surface area contributed by atoms with Crippen LogP contribution in [-0.2, 0) is 9.59 Å². The highest BCUT2D eigenvalue weighted by molar-refractivity contribution is 5.81. The maximum atomic E-state index is 11.4. The summed E-state index contributed by atoms with van der Waals surface area (Å²) in [5.41, 5.74) is 0. The third-order valence-corrected chi connectivity index (χ3v) is 2.64. The van der Waals surface area contributed by atoms with Crippen LogP contribution in [0.4, 0.5) is 0 Å². The van der Waals surface area contributed by atoms with Crippen molar-refractivity contribution < 1.29 is 14.7 Å². The zero-order chi connectivity index (χ0) is 12.0. The highest BCUT2D eigenvalue weighted by Gasteiger charge is 2.25. The molecule has 0 spiro atoms. The third kappa shape index (κ3) is 4.02. The molecule has 1 heterocycles. The van der Waals surface area contributed by atoms with Gasteiger partial charge in [0, 0.05) is 24.6 Å². The van der Waals surface area contributed by atoms with E-state index in [9.17, 15) is 9.59 Å². The van der Waals surface area contributed by atoms with Gasteiger partial charge in [-0.2, -0.15) is 0 Å². The van der Waals surface area contributed by atoms with Crippen LogP contribution in [-0.4, -0.2) is 36.1 Å². The van der Waals surface area contributed by atoms with Crippen LogP contribution in [0.25, 0.3) is 0 Å². The van der Waals surface area contributed by atoms with Gasteiger partial charge >= 0.3 is 5.97 Å². The molecule has 1 aliphatic rings. The summed E-state index contributed by atoms with van der Waals surface area (Å²) in [5, 5.41) is 14.5. The van der Waals surface area contributed by atoms with E-state index in [0.29, 0.717) is 6.42 Å². The molecule has 5 heteroatoms. The summed E-state index contributed by atoms with van der Waals surface area (Å²) < 4.78 is 0. The molecule has 3 N–H and O–H groups in total. The Morgan fingerprint density at radius 1 is 1.75 bits per heavy atom. The number of carbonyl (C=O) groups is 2. The molecule has 0 bridgehead atoms. The van der Waals surface area contributed by atoms with Crippen molar-refractivity contribution in [2.24, 2.45) is 5.92 Å². The van der Waals surface area contributed by atoms with Crippen LogP contribution in [0.15, 0.2) is 12.2 Å². The average molecular weight is 226 g/mol.